The molecule has 2 aromatic heterocycles. The summed E-state index contributed by atoms with van der Waals surface area (Å²) in [5.74, 6) is 1.55. The number of nitrogens with one attached hydrogen (secondary N) is 1. The van der Waals surface area contributed by atoms with Crippen molar-refractivity contribution >= 4 is 5.91 Å². The average molecular weight is 452 g/mol. The first-order valence-corrected chi connectivity index (χ1v) is 10.1. The number of halogens is 1. The fourth-order valence-electron chi connectivity index (χ4n) is 3.11. The highest BCUT2D eigenvalue weighted by Crippen LogP contribution is 2.23. The number of rotatable bonds is 9. The summed E-state index contributed by atoms with van der Waals surface area (Å²) in [6.07, 6.45) is 0. The molecule has 1 amide bonds. The van der Waals surface area contributed by atoms with Gasteiger partial charge in [0.25, 0.3) is 11.8 Å². The lowest BCUT2D eigenvalue weighted by atomic mass is 10.1. The van der Waals surface area contributed by atoms with Gasteiger partial charge in [-0.25, -0.2) is 14.1 Å². The van der Waals surface area contributed by atoms with Gasteiger partial charge in [0.2, 0.25) is 18.5 Å². The van der Waals surface area contributed by atoms with E-state index in [9.17, 15) is 9.18 Å². The van der Waals surface area contributed by atoms with Crippen molar-refractivity contribution in [1.82, 2.24) is 30.2 Å². The lowest BCUT2D eigenvalue weighted by molar-refractivity contribution is 0.0944. The van der Waals surface area contributed by atoms with Crippen LogP contribution in [-0.2, 0) is 6.54 Å². The van der Waals surface area contributed by atoms with E-state index in [0.29, 0.717) is 35.1 Å². The SMILES string of the molecule is Cc1nc(-c2nc(-c3ccc(OCF)cc3)no2)nn1Cc1cccc(C(=O)NCCO)c1. The molecule has 0 aliphatic rings. The van der Waals surface area contributed by atoms with Crippen molar-refractivity contribution in [2.24, 2.45) is 0 Å². The van der Waals surface area contributed by atoms with Crippen LogP contribution in [0.2, 0.25) is 0 Å². The van der Waals surface area contributed by atoms with Crippen LogP contribution in [0.4, 0.5) is 4.39 Å². The zero-order chi connectivity index (χ0) is 23.2. The van der Waals surface area contributed by atoms with Gasteiger partial charge in [0.1, 0.15) is 11.6 Å². The largest absolute Gasteiger partial charge is 0.463 e. The number of aromatic nitrogens is 5. The van der Waals surface area contributed by atoms with Crippen LogP contribution < -0.4 is 10.1 Å². The standard InChI is InChI=1S/C22H21FN6O4/c1-14-25-20(22-26-19(28-33-22)16-5-7-18(8-6-16)32-13-23)27-29(14)12-15-3-2-4-17(11-15)21(31)24-9-10-30/h2-8,11,30H,9-10,12-13H2,1H3,(H,24,31). The first kappa shape index (κ1) is 22.1. The van der Waals surface area contributed by atoms with Gasteiger partial charge in [-0.3, -0.25) is 4.79 Å². The molecular formula is C22H21FN6O4. The third-order valence-electron chi connectivity index (χ3n) is 4.73. The summed E-state index contributed by atoms with van der Waals surface area (Å²) in [5.41, 5.74) is 2.01. The van der Waals surface area contributed by atoms with E-state index < -0.39 is 6.86 Å². The van der Waals surface area contributed by atoms with Crippen LogP contribution in [-0.4, -0.2) is 55.9 Å². The monoisotopic (exact) mass is 452 g/mol. The maximum absolute atomic E-state index is 12.3. The number of hydrogen-bond acceptors (Lipinski definition) is 8. The van der Waals surface area contributed by atoms with Gasteiger partial charge in [-0.2, -0.15) is 4.98 Å². The van der Waals surface area contributed by atoms with Gasteiger partial charge in [-0.05, 0) is 48.9 Å². The number of carbonyl (C=O) groups excluding carboxylic acids is 1. The molecule has 0 spiro atoms. The fourth-order valence-corrected chi connectivity index (χ4v) is 3.11. The third-order valence-corrected chi connectivity index (χ3v) is 4.73. The minimum absolute atomic E-state index is 0.122. The number of amides is 1. The number of aliphatic hydroxyl groups is 1. The minimum Gasteiger partial charge on any atom is -0.463 e. The topological polar surface area (TPSA) is 128 Å². The molecule has 0 atom stereocenters. The lowest BCUT2D eigenvalue weighted by Gasteiger charge is -2.07. The summed E-state index contributed by atoms with van der Waals surface area (Å²) in [7, 11) is 0. The molecule has 0 bridgehead atoms. The summed E-state index contributed by atoms with van der Waals surface area (Å²) in [6.45, 7) is 1.35. The Morgan fingerprint density at radius 1 is 1.18 bits per heavy atom. The number of aryl methyl sites for hydroxylation is 1. The maximum atomic E-state index is 12.3. The Morgan fingerprint density at radius 2 is 2.00 bits per heavy atom. The van der Waals surface area contributed by atoms with Crippen molar-refractivity contribution in [3.63, 3.8) is 0 Å². The van der Waals surface area contributed by atoms with Crippen molar-refractivity contribution in [2.75, 3.05) is 20.0 Å². The van der Waals surface area contributed by atoms with Gasteiger partial charge in [-0.15, -0.1) is 5.10 Å². The average Bonchev–Trinajstić information content (AvgIpc) is 3.46. The Hall–Kier alpha value is -4.12. The van der Waals surface area contributed by atoms with Crippen molar-refractivity contribution in [2.45, 2.75) is 13.5 Å². The van der Waals surface area contributed by atoms with E-state index in [1.165, 1.54) is 0 Å². The van der Waals surface area contributed by atoms with Gasteiger partial charge < -0.3 is 19.7 Å². The molecular weight excluding hydrogens is 431 g/mol. The van der Waals surface area contributed by atoms with Crippen LogP contribution in [0.1, 0.15) is 21.7 Å². The summed E-state index contributed by atoms with van der Waals surface area (Å²) >= 11 is 0. The van der Waals surface area contributed by atoms with Gasteiger partial charge >= 0.3 is 0 Å². The Kier molecular flexibility index (Phi) is 6.69. The quantitative estimate of drug-likeness (QED) is 0.396. The van der Waals surface area contributed by atoms with Gasteiger partial charge in [0, 0.05) is 17.7 Å². The van der Waals surface area contributed by atoms with Crippen LogP contribution in [0, 0.1) is 6.92 Å². The lowest BCUT2D eigenvalue weighted by Crippen LogP contribution is -2.26. The Labute approximate surface area is 188 Å². The number of benzene rings is 2. The van der Waals surface area contributed by atoms with E-state index in [-0.39, 0.29) is 30.8 Å². The highest BCUT2D eigenvalue weighted by Gasteiger charge is 2.17. The van der Waals surface area contributed by atoms with Gasteiger partial charge in [-0.1, -0.05) is 17.3 Å². The number of ether oxygens (including phenoxy) is 1. The smallest absolute Gasteiger partial charge is 0.297 e. The molecule has 0 radical (unpaired) electrons. The second-order valence-corrected chi connectivity index (χ2v) is 7.02. The second kappa shape index (κ2) is 10.0. The highest BCUT2D eigenvalue weighted by molar-refractivity contribution is 5.94. The highest BCUT2D eigenvalue weighted by atomic mass is 19.1. The second-order valence-electron chi connectivity index (χ2n) is 7.02. The fraction of sp³-hybridized carbons (Fsp3) is 0.227. The molecule has 0 unspecified atom stereocenters. The Bertz CT molecular complexity index is 1240. The molecule has 33 heavy (non-hydrogen) atoms. The number of hydrogen-bond donors (Lipinski definition) is 2. The van der Waals surface area contributed by atoms with Crippen molar-refractivity contribution in [3.8, 4) is 28.9 Å². The molecule has 2 heterocycles. The molecule has 0 aliphatic carbocycles. The van der Waals surface area contributed by atoms with E-state index in [1.54, 1.807) is 54.1 Å². The normalized spacial score (nSPS) is 10.9. The van der Waals surface area contributed by atoms with Crippen LogP contribution in [0.15, 0.2) is 53.1 Å². The van der Waals surface area contributed by atoms with Gasteiger partial charge in [0.15, 0.2) is 0 Å². The first-order valence-electron chi connectivity index (χ1n) is 10.1. The van der Waals surface area contributed by atoms with Crippen molar-refractivity contribution in [1.29, 1.82) is 0 Å². The molecule has 2 aromatic carbocycles. The maximum Gasteiger partial charge on any atom is 0.297 e. The van der Waals surface area contributed by atoms with E-state index in [0.717, 1.165) is 5.56 Å². The van der Waals surface area contributed by atoms with Crippen LogP contribution in [0.25, 0.3) is 23.1 Å². The minimum atomic E-state index is -0.902. The Morgan fingerprint density at radius 3 is 2.76 bits per heavy atom. The zero-order valence-electron chi connectivity index (χ0n) is 17.7. The number of carbonyl (C=O) groups is 1. The molecule has 0 fully saturated rings. The predicted octanol–water partition coefficient (Wildman–Crippen LogP) is 2.38. The van der Waals surface area contributed by atoms with E-state index in [4.69, 9.17) is 14.4 Å². The first-order chi connectivity index (χ1) is 16.1. The molecule has 11 heteroatoms. The summed E-state index contributed by atoms with van der Waals surface area (Å²) < 4.78 is 24.0. The summed E-state index contributed by atoms with van der Waals surface area (Å²) in [6, 6.07) is 13.7. The molecule has 0 saturated carbocycles. The van der Waals surface area contributed by atoms with Crippen LogP contribution in [0.5, 0.6) is 5.75 Å². The number of aliphatic hydroxyl groups excluding tert-OH is 1. The van der Waals surface area contributed by atoms with Crippen molar-refractivity contribution in [3.05, 3.63) is 65.5 Å². The van der Waals surface area contributed by atoms with E-state index in [2.05, 4.69) is 25.5 Å². The molecule has 10 nitrogen and oxygen atoms in total. The molecule has 4 rings (SSSR count). The molecule has 4 aromatic rings. The molecule has 2 N–H and O–H groups in total. The predicted molar refractivity (Wildman–Crippen MR) is 115 cm³/mol. The Balaban J connectivity index is 1.50. The van der Waals surface area contributed by atoms with Crippen molar-refractivity contribution < 1.29 is 23.6 Å². The molecule has 170 valence electrons. The summed E-state index contributed by atoms with van der Waals surface area (Å²) in [5, 5.41) is 19.9. The number of alkyl halides is 1. The van der Waals surface area contributed by atoms with E-state index >= 15 is 0 Å². The number of nitrogens with zero attached hydrogens (tertiary/aromatic N) is 5. The summed E-state index contributed by atoms with van der Waals surface area (Å²) in [4.78, 5) is 20.9. The van der Waals surface area contributed by atoms with E-state index in [1.807, 2.05) is 6.07 Å². The third kappa shape index (κ3) is 5.21. The molecule has 0 saturated heterocycles. The zero-order valence-corrected chi connectivity index (χ0v) is 17.7. The van der Waals surface area contributed by atoms with Gasteiger partial charge in [0.05, 0.1) is 13.2 Å². The van der Waals surface area contributed by atoms with Crippen LogP contribution >= 0.6 is 0 Å². The molecule has 0 aliphatic heterocycles. The van der Waals surface area contributed by atoms with Crippen LogP contribution in [0.3, 0.4) is 0 Å².